The maximum absolute atomic E-state index is 13.2. The number of alkyl halides is 3. The second-order valence-electron chi connectivity index (χ2n) is 5.95. The van der Waals surface area contributed by atoms with Gasteiger partial charge in [0.25, 0.3) is 5.91 Å². The fraction of sp³-hybridized carbons (Fsp3) is 0.263. The number of ether oxygens (including phenoxy) is 1. The second kappa shape index (κ2) is 8.69. The molecule has 0 saturated heterocycles. The summed E-state index contributed by atoms with van der Waals surface area (Å²) in [7, 11) is 0. The van der Waals surface area contributed by atoms with Gasteiger partial charge in [0.1, 0.15) is 12.3 Å². The number of carbonyl (C=O) groups is 1. The van der Waals surface area contributed by atoms with E-state index in [1.54, 1.807) is 0 Å². The molecule has 0 radical (unpaired) electrons. The molecule has 0 bridgehead atoms. The van der Waals surface area contributed by atoms with Crippen LogP contribution in [0.3, 0.4) is 0 Å². The fourth-order valence-electron chi connectivity index (χ4n) is 2.40. The summed E-state index contributed by atoms with van der Waals surface area (Å²) in [6.45, 7) is -0.668. The topological polar surface area (TPSA) is 53.3 Å². The molecule has 0 spiro atoms. The summed E-state index contributed by atoms with van der Waals surface area (Å²) in [4.78, 5) is 13.0. The zero-order chi connectivity index (χ0) is 20.9. The van der Waals surface area contributed by atoms with E-state index >= 15 is 0 Å². The van der Waals surface area contributed by atoms with Crippen molar-refractivity contribution in [1.82, 2.24) is 4.90 Å². The molecule has 0 aliphatic rings. The van der Waals surface area contributed by atoms with Crippen molar-refractivity contribution >= 4 is 5.91 Å². The Hall–Kier alpha value is -3.15. The van der Waals surface area contributed by atoms with Crippen LogP contribution in [0.4, 0.5) is 22.0 Å². The van der Waals surface area contributed by atoms with Gasteiger partial charge in [-0.1, -0.05) is 12.1 Å². The minimum absolute atomic E-state index is 0.190. The van der Waals surface area contributed by atoms with Gasteiger partial charge in [-0.3, -0.25) is 4.79 Å². The Morgan fingerprint density at radius 3 is 2.32 bits per heavy atom. The predicted molar refractivity (Wildman–Crippen MR) is 89.1 cm³/mol. The smallest absolute Gasteiger partial charge is 0.406 e. The number of hydrogen-bond acceptors (Lipinski definition) is 3. The van der Waals surface area contributed by atoms with Crippen molar-refractivity contribution in [2.24, 2.45) is 0 Å². The lowest BCUT2D eigenvalue weighted by molar-refractivity contribution is -0.166. The number of rotatable bonds is 6. The highest BCUT2D eigenvalue weighted by molar-refractivity contribution is 5.81. The molecule has 1 atom stereocenters. The molecule has 0 aromatic heterocycles. The van der Waals surface area contributed by atoms with Gasteiger partial charge in [-0.25, -0.2) is 8.78 Å². The Bertz CT molecular complexity index is 875. The van der Waals surface area contributed by atoms with Crippen LogP contribution in [0.2, 0.25) is 0 Å². The van der Waals surface area contributed by atoms with Gasteiger partial charge >= 0.3 is 6.18 Å². The van der Waals surface area contributed by atoms with Crippen LogP contribution in [0.15, 0.2) is 42.5 Å². The molecule has 2 aromatic carbocycles. The molecule has 0 aliphatic carbocycles. The largest absolute Gasteiger partial charge is 0.481 e. The van der Waals surface area contributed by atoms with E-state index in [9.17, 15) is 26.7 Å². The van der Waals surface area contributed by atoms with Crippen LogP contribution in [-0.2, 0) is 11.3 Å². The number of nitrogens with zero attached hydrogens (tertiary/aromatic N) is 2. The number of carbonyl (C=O) groups excluding carboxylic acids is 1. The molecule has 2 rings (SSSR count). The number of hydrogen-bond donors (Lipinski definition) is 0. The average molecular weight is 398 g/mol. The Balaban J connectivity index is 2.16. The van der Waals surface area contributed by atoms with Gasteiger partial charge in [-0.15, -0.1) is 0 Å². The SMILES string of the molecule is CC(Oc1ccc(F)c(F)c1)C(=O)N(Cc1ccc(C#N)cc1)CC(F)(F)F. The summed E-state index contributed by atoms with van der Waals surface area (Å²) in [6.07, 6.45) is -6.02. The highest BCUT2D eigenvalue weighted by Gasteiger charge is 2.35. The third kappa shape index (κ3) is 5.94. The third-order valence-electron chi connectivity index (χ3n) is 3.69. The lowest BCUT2D eigenvalue weighted by atomic mass is 10.1. The first kappa shape index (κ1) is 21.2. The average Bonchev–Trinajstić information content (AvgIpc) is 2.63. The van der Waals surface area contributed by atoms with Crippen LogP contribution in [-0.4, -0.2) is 29.6 Å². The molecule has 4 nitrogen and oxygen atoms in total. The van der Waals surface area contributed by atoms with E-state index in [1.807, 2.05) is 6.07 Å². The standard InChI is InChI=1S/C19H15F5N2O2/c1-12(28-15-6-7-16(20)17(21)8-15)18(27)26(11-19(22,23)24)10-14-4-2-13(9-25)3-5-14/h2-8,12H,10-11H2,1H3. The van der Waals surface area contributed by atoms with Crippen LogP contribution in [0.5, 0.6) is 5.75 Å². The van der Waals surface area contributed by atoms with Gasteiger partial charge in [0.15, 0.2) is 17.7 Å². The molecule has 0 N–H and O–H groups in total. The van der Waals surface area contributed by atoms with Crippen molar-refractivity contribution in [2.45, 2.75) is 25.7 Å². The summed E-state index contributed by atoms with van der Waals surface area (Å²) in [5.74, 6) is -3.50. The molecule has 2 aromatic rings. The summed E-state index contributed by atoms with van der Waals surface area (Å²) < 4.78 is 70.1. The maximum atomic E-state index is 13.2. The predicted octanol–water partition coefficient (Wildman–Crippen LogP) is 4.19. The van der Waals surface area contributed by atoms with Gasteiger partial charge in [0, 0.05) is 12.6 Å². The molecule has 0 aliphatic heterocycles. The quantitative estimate of drug-likeness (QED) is 0.686. The van der Waals surface area contributed by atoms with Crippen molar-refractivity contribution in [3.05, 3.63) is 65.2 Å². The van der Waals surface area contributed by atoms with E-state index in [4.69, 9.17) is 10.00 Å². The lowest BCUT2D eigenvalue weighted by Gasteiger charge is -2.27. The molecule has 0 fully saturated rings. The minimum atomic E-state index is -4.65. The normalized spacial score (nSPS) is 12.2. The minimum Gasteiger partial charge on any atom is -0.481 e. The van der Waals surface area contributed by atoms with Gasteiger partial charge in [-0.05, 0) is 36.8 Å². The zero-order valence-corrected chi connectivity index (χ0v) is 14.6. The summed E-state index contributed by atoms with van der Waals surface area (Å²) in [6, 6.07) is 10.2. The Labute approximate surface area is 157 Å². The monoisotopic (exact) mass is 398 g/mol. The second-order valence-corrected chi connectivity index (χ2v) is 5.95. The van der Waals surface area contributed by atoms with E-state index in [1.165, 1.54) is 31.2 Å². The molecule has 1 amide bonds. The molecule has 0 saturated carbocycles. The number of nitriles is 1. The molecule has 148 valence electrons. The molecule has 28 heavy (non-hydrogen) atoms. The highest BCUT2D eigenvalue weighted by Crippen LogP contribution is 2.21. The lowest BCUT2D eigenvalue weighted by Crippen LogP contribution is -2.44. The highest BCUT2D eigenvalue weighted by atomic mass is 19.4. The zero-order valence-electron chi connectivity index (χ0n) is 14.6. The summed E-state index contributed by atoms with van der Waals surface area (Å²) >= 11 is 0. The molecule has 9 heteroatoms. The molecule has 0 heterocycles. The maximum Gasteiger partial charge on any atom is 0.406 e. The first-order chi connectivity index (χ1) is 13.1. The Kier molecular flexibility index (Phi) is 6.57. The first-order valence-corrected chi connectivity index (χ1v) is 8.05. The van der Waals surface area contributed by atoms with E-state index in [2.05, 4.69) is 0 Å². The molecular weight excluding hydrogens is 383 g/mol. The van der Waals surface area contributed by atoms with Gasteiger partial charge in [0.2, 0.25) is 0 Å². The number of benzene rings is 2. The van der Waals surface area contributed by atoms with Crippen molar-refractivity contribution in [1.29, 1.82) is 5.26 Å². The third-order valence-corrected chi connectivity index (χ3v) is 3.69. The van der Waals surface area contributed by atoms with Crippen LogP contribution in [0, 0.1) is 23.0 Å². The van der Waals surface area contributed by atoms with Crippen LogP contribution >= 0.6 is 0 Å². The summed E-state index contributed by atoms with van der Waals surface area (Å²) in [5, 5.41) is 8.77. The van der Waals surface area contributed by atoms with Gasteiger partial charge < -0.3 is 9.64 Å². The van der Waals surface area contributed by atoms with Crippen molar-refractivity contribution < 1.29 is 31.5 Å². The van der Waals surface area contributed by atoms with E-state index in [-0.39, 0.29) is 12.3 Å². The van der Waals surface area contributed by atoms with E-state index < -0.39 is 36.4 Å². The summed E-state index contributed by atoms with van der Waals surface area (Å²) in [5.41, 5.74) is 0.712. The van der Waals surface area contributed by atoms with Crippen LogP contribution in [0.1, 0.15) is 18.1 Å². The number of amides is 1. The van der Waals surface area contributed by atoms with Crippen molar-refractivity contribution in [2.75, 3.05) is 6.54 Å². The fourth-order valence-corrected chi connectivity index (χ4v) is 2.40. The van der Waals surface area contributed by atoms with Gasteiger partial charge in [0.05, 0.1) is 11.6 Å². The molecular formula is C19H15F5N2O2. The molecule has 1 unspecified atom stereocenters. The van der Waals surface area contributed by atoms with E-state index in [0.717, 1.165) is 12.1 Å². The Morgan fingerprint density at radius 1 is 1.14 bits per heavy atom. The Morgan fingerprint density at radius 2 is 1.79 bits per heavy atom. The van der Waals surface area contributed by atoms with Crippen molar-refractivity contribution in [3.8, 4) is 11.8 Å². The van der Waals surface area contributed by atoms with Crippen LogP contribution < -0.4 is 4.74 Å². The van der Waals surface area contributed by atoms with Crippen molar-refractivity contribution in [3.63, 3.8) is 0 Å². The van der Waals surface area contributed by atoms with E-state index in [0.29, 0.717) is 22.1 Å². The van der Waals surface area contributed by atoms with Gasteiger partial charge in [-0.2, -0.15) is 18.4 Å². The number of halogens is 5. The van der Waals surface area contributed by atoms with Crippen LogP contribution in [0.25, 0.3) is 0 Å². The first-order valence-electron chi connectivity index (χ1n) is 8.05.